The minimum atomic E-state index is 0.990. The van der Waals surface area contributed by atoms with E-state index in [9.17, 15) is 0 Å². The Morgan fingerprint density at radius 2 is 2.22 bits per heavy atom. The van der Waals surface area contributed by atoms with Crippen LogP contribution in [0.1, 0.15) is 12.8 Å². The lowest BCUT2D eigenvalue weighted by Gasteiger charge is -2.24. The monoisotopic (exact) mass is 126 g/mol. The third-order valence-corrected chi connectivity index (χ3v) is 2.50. The predicted molar refractivity (Wildman–Crippen MR) is 36.9 cm³/mol. The maximum Gasteiger partial charge on any atom is 0.0174 e. The fourth-order valence-electron chi connectivity index (χ4n) is 1.99. The van der Waals surface area contributed by atoms with Crippen molar-refractivity contribution in [2.24, 2.45) is 5.92 Å². The van der Waals surface area contributed by atoms with Crippen molar-refractivity contribution in [1.29, 1.82) is 0 Å². The van der Waals surface area contributed by atoms with E-state index in [-0.39, 0.29) is 0 Å². The maximum absolute atomic E-state index is 2.47. The average molecular weight is 126 g/mol. The van der Waals surface area contributed by atoms with E-state index in [1.807, 2.05) is 0 Å². The molecule has 2 saturated heterocycles. The van der Waals surface area contributed by atoms with Crippen LogP contribution >= 0.6 is 0 Å². The van der Waals surface area contributed by atoms with Crippen LogP contribution in [0.2, 0.25) is 0 Å². The highest BCUT2D eigenvalue weighted by molar-refractivity contribution is 4.78. The van der Waals surface area contributed by atoms with Crippen LogP contribution in [0.5, 0.6) is 0 Å². The molecule has 0 spiro atoms. The maximum atomic E-state index is 2.47. The molecule has 2 atom stereocenters. The van der Waals surface area contributed by atoms with Crippen molar-refractivity contribution in [3.8, 4) is 0 Å². The van der Waals surface area contributed by atoms with Gasteiger partial charge in [0.15, 0.2) is 0 Å². The summed E-state index contributed by atoms with van der Waals surface area (Å²) in [7, 11) is 2.20. The van der Waals surface area contributed by atoms with Gasteiger partial charge in [-0.1, -0.05) is 0 Å². The van der Waals surface area contributed by atoms with E-state index in [2.05, 4.69) is 17.1 Å². The van der Waals surface area contributed by atoms with E-state index in [4.69, 9.17) is 0 Å². The summed E-state index contributed by atoms with van der Waals surface area (Å²) in [6.45, 7) is 3.93. The second-order valence-corrected chi connectivity index (χ2v) is 3.26. The molecule has 0 aromatic heterocycles. The van der Waals surface area contributed by atoms with E-state index in [0.29, 0.717) is 0 Å². The first-order chi connectivity index (χ1) is 4.36. The van der Waals surface area contributed by atoms with Gasteiger partial charge in [0.05, 0.1) is 0 Å². The Labute approximate surface area is 56.4 Å². The van der Waals surface area contributed by atoms with E-state index >= 15 is 0 Å². The molecular formula is C7H14N2. The number of nitrogens with zero attached hydrogens (tertiary/aromatic N) is 2. The first kappa shape index (κ1) is 5.69. The molecule has 0 amide bonds. The molecule has 2 fully saturated rings. The summed E-state index contributed by atoms with van der Waals surface area (Å²) in [6, 6.07) is 0. The van der Waals surface area contributed by atoms with Crippen molar-refractivity contribution in [3.05, 3.63) is 0 Å². The van der Waals surface area contributed by atoms with Crippen LogP contribution in [0.25, 0.3) is 0 Å². The van der Waals surface area contributed by atoms with Gasteiger partial charge in [-0.05, 0) is 18.8 Å². The Morgan fingerprint density at radius 1 is 1.33 bits per heavy atom. The zero-order chi connectivity index (χ0) is 6.27. The Morgan fingerprint density at radius 3 is 2.89 bits per heavy atom. The third kappa shape index (κ3) is 0.864. The molecule has 2 heteroatoms. The van der Waals surface area contributed by atoms with Crippen LogP contribution in [0, 0.1) is 5.92 Å². The SMILES string of the molecule is CN1CC2CCCN1C2. The third-order valence-electron chi connectivity index (χ3n) is 2.50. The lowest BCUT2D eigenvalue weighted by Crippen LogP contribution is -2.34. The van der Waals surface area contributed by atoms with E-state index in [0.717, 1.165) is 5.92 Å². The highest BCUT2D eigenvalue weighted by Crippen LogP contribution is 2.24. The highest BCUT2D eigenvalue weighted by atomic mass is 15.6. The number of piperidine rings is 1. The first-order valence-electron chi connectivity index (χ1n) is 3.82. The molecule has 2 bridgehead atoms. The van der Waals surface area contributed by atoms with E-state index < -0.39 is 0 Å². The van der Waals surface area contributed by atoms with Crippen molar-refractivity contribution in [2.75, 3.05) is 26.7 Å². The Kier molecular flexibility index (Phi) is 1.24. The van der Waals surface area contributed by atoms with Gasteiger partial charge in [-0.3, -0.25) is 0 Å². The zero-order valence-corrected chi connectivity index (χ0v) is 6.01. The first-order valence-corrected chi connectivity index (χ1v) is 3.82. The van der Waals surface area contributed by atoms with Gasteiger partial charge in [0.1, 0.15) is 0 Å². The Balaban J connectivity index is 2.07. The van der Waals surface area contributed by atoms with Crippen LogP contribution in [-0.2, 0) is 0 Å². The minimum Gasteiger partial charge on any atom is -0.245 e. The largest absolute Gasteiger partial charge is 0.245 e. The minimum absolute atomic E-state index is 0.990. The number of rotatable bonds is 0. The van der Waals surface area contributed by atoms with Crippen molar-refractivity contribution < 1.29 is 0 Å². The molecular weight excluding hydrogens is 112 g/mol. The highest BCUT2D eigenvalue weighted by Gasteiger charge is 2.30. The smallest absolute Gasteiger partial charge is 0.0174 e. The summed E-state index contributed by atoms with van der Waals surface area (Å²) in [6.07, 6.45) is 2.87. The van der Waals surface area contributed by atoms with E-state index in [1.54, 1.807) is 0 Å². The van der Waals surface area contributed by atoms with Crippen molar-refractivity contribution in [1.82, 2.24) is 10.0 Å². The normalized spacial score (nSPS) is 43.7. The summed E-state index contributed by atoms with van der Waals surface area (Å²) in [5.41, 5.74) is 0. The second kappa shape index (κ2) is 1.96. The van der Waals surface area contributed by atoms with Gasteiger partial charge >= 0.3 is 0 Å². The van der Waals surface area contributed by atoms with Crippen LogP contribution in [0.15, 0.2) is 0 Å². The molecule has 2 aliphatic heterocycles. The van der Waals surface area contributed by atoms with Crippen LogP contribution in [0.3, 0.4) is 0 Å². The molecule has 9 heavy (non-hydrogen) atoms. The lowest BCUT2D eigenvalue weighted by molar-refractivity contribution is 0.0521. The molecule has 0 aromatic carbocycles. The fraction of sp³-hybridized carbons (Fsp3) is 1.00. The Bertz CT molecular complexity index is 111. The van der Waals surface area contributed by atoms with Gasteiger partial charge in [0.25, 0.3) is 0 Å². The number of fused-ring (bicyclic) bond motifs is 2. The molecule has 0 aliphatic carbocycles. The molecule has 2 rings (SSSR count). The number of hydrazine groups is 1. The Hall–Kier alpha value is -0.0800. The topological polar surface area (TPSA) is 6.48 Å². The van der Waals surface area contributed by atoms with E-state index in [1.165, 1.54) is 32.5 Å². The van der Waals surface area contributed by atoms with Crippen molar-refractivity contribution in [3.63, 3.8) is 0 Å². The quantitative estimate of drug-likeness (QED) is 0.468. The number of hydrogen-bond donors (Lipinski definition) is 0. The average Bonchev–Trinajstić information content (AvgIpc) is 2.09. The molecule has 0 N–H and O–H groups in total. The molecule has 52 valence electrons. The molecule has 2 aliphatic rings. The van der Waals surface area contributed by atoms with Crippen molar-refractivity contribution in [2.45, 2.75) is 12.8 Å². The molecule has 2 unspecified atom stereocenters. The summed E-state index contributed by atoms with van der Waals surface area (Å²) >= 11 is 0. The van der Waals surface area contributed by atoms with Crippen LogP contribution in [-0.4, -0.2) is 36.7 Å². The lowest BCUT2D eigenvalue weighted by atomic mass is 10.0. The van der Waals surface area contributed by atoms with Gasteiger partial charge in [-0.25, -0.2) is 10.0 Å². The summed E-state index contributed by atoms with van der Waals surface area (Å²) < 4.78 is 0. The molecule has 2 nitrogen and oxygen atoms in total. The van der Waals surface area contributed by atoms with Crippen LogP contribution < -0.4 is 0 Å². The molecule has 0 aromatic rings. The molecule has 0 saturated carbocycles. The van der Waals surface area contributed by atoms with Gasteiger partial charge < -0.3 is 0 Å². The van der Waals surface area contributed by atoms with Gasteiger partial charge in [-0.2, -0.15) is 0 Å². The number of hydrogen-bond acceptors (Lipinski definition) is 2. The summed E-state index contributed by atoms with van der Waals surface area (Å²) in [4.78, 5) is 0. The summed E-state index contributed by atoms with van der Waals surface area (Å²) in [5, 5.41) is 4.84. The summed E-state index contributed by atoms with van der Waals surface area (Å²) in [5.74, 6) is 0.990. The van der Waals surface area contributed by atoms with Crippen molar-refractivity contribution >= 4 is 0 Å². The fourth-order valence-corrected chi connectivity index (χ4v) is 1.99. The zero-order valence-electron chi connectivity index (χ0n) is 6.01. The predicted octanol–water partition coefficient (Wildman–Crippen LogP) is 0.559. The molecule has 2 heterocycles. The van der Waals surface area contributed by atoms with Gasteiger partial charge in [0, 0.05) is 26.7 Å². The molecule has 0 radical (unpaired) electrons. The second-order valence-electron chi connectivity index (χ2n) is 3.26. The standard InChI is InChI=1S/C7H14N2/c1-8-5-7-3-2-4-9(8)6-7/h7H,2-6H2,1H3. The van der Waals surface area contributed by atoms with Gasteiger partial charge in [0.2, 0.25) is 0 Å². The van der Waals surface area contributed by atoms with Gasteiger partial charge in [-0.15, -0.1) is 0 Å². The van der Waals surface area contributed by atoms with Crippen LogP contribution in [0.4, 0.5) is 0 Å².